The van der Waals surface area contributed by atoms with Crippen molar-refractivity contribution in [2.75, 3.05) is 13.1 Å². The van der Waals surface area contributed by atoms with Gasteiger partial charge < -0.3 is 15.6 Å². The van der Waals surface area contributed by atoms with Crippen LogP contribution < -0.4 is 10.6 Å². The first kappa shape index (κ1) is 12.5. The lowest BCUT2D eigenvalue weighted by molar-refractivity contribution is 0.383. The third kappa shape index (κ3) is 2.74. The summed E-state index contributed by atoms with van der Waals surface area (Å²) in [5.74, 6) is -0.580. The zero-order chi connectivity index (χ0) is 13.2. The minimum Gasteiger partial charge on any atom is -0.341 e. The van der Waals surface area contributed by atoms with E-state index in [1.165, 1.54) is 6.07 Å². The molecule has 0 unspecified atom stereocenters. The molecule has 1 aliphatic rings. The maximum Gasteiger partial charge on any atom is 0.153 e. The van der Waals surface area contributed by atoms with Gasteiger partial charge in [0.05, 0.1) is 12.1 Å². The van der Waals surface area contributed by atoms with E-state index in [1.807, 2.05) is 0 Å². The molecule has 0 radical (unpaired) electrons. The second-order valence-corrected chi connectivity index (χ2v) is 4.87. The van der Waals surface area contributed by atoms with Crippen molar-refractivity contribution in [2.24, 2.45) is 0 Å². The van der Waals surface area contributed by atoms with Gasteiger partial charge in [0, 0.05) is 12.1 Å². The van der Waals surface area contributed by atoms with Gasteiger partial charge in [0.1, 0.15) is 17.2 Å². The molecule has 0 atom stereocenters. The quantitative estimate of drug-likeness (QED) is 0.792. The van der Waals surface area contributed by atoms with Crippen LogP contribution >= 0.6 is 0 Å². The third-order valence-electron chi connectivity index (χ3n) is 3.45. The molecule has 1 fully saturated rings. The number of fused-ring (bicyclic) bond motifs is 1. The Morgan fingerprint density at radius 2 is 2.05 bits per heavy atom. The lowest BCUT2D eigenvalue weighted by Crippen LogP contribution is -2.39. The van der Waals surface area contributed by atoms with E-state index in [4.69, 9.17) is 0 Å². The number of H-pyrrole nitrogens is 1. The number of aromatic nitrogens is 2. The normalized spacial score (nSPS) is 17.2. The van der Waals surface area contributed by atoms with Crippen molar-refractivity contribution in [3.05, 3.63) is 29.6 Å². The van der Waals surface area contributed by atoms with Gasteiger partial charge >= 0.3 is 0 Å². The molecule has 2 aromatic rings. The number of benzene rings is 1. The summed E-state index contributed by atoms with van der Waals surface area (Å²) >= 11 is 0. The number of piperidine rings is 1. The molecule has 6 heteroatoms. The number of nitrogens with one attached hydrogen (secondary N) is 3. The largest absolute Gasteiger partial charge is 0.341 e. The molecule has 2 heterocycles. The Kier molecular flexibility index (Phi) is 3.44. The predicted octanol–water partition coefficient (Wildman–Crippen LogP) is 1.68. The monoisotopic (exact) mass is 266 g/mol. The number of imidazole rings is 1. The van der Waals surface area contributed by atoms with Gasteiger partial charge in [-0.3, -0.25) is 0 Å². The number of nitrogens with zero attached hydrogens (tertiary/aromatic N) is 1. The summed E-state index contributed by atoms with van der Waals surface area (Å²) in [5, 5.41) is 6.68. The third-order valence-corrected chi connectivity index (χ3v) is 3.45. The van der Waals surface area contributed by atoms with Crippen LogP contribution in [-0.2, 0) is 6.54 Å². The molecule has 3 N–H and O–H groups in total. The van der Waals surface area contributed by atoms with Crippen molar-refractivity contribution in [1.29, 1.82) is 0 Å². The highest BCUT2D eigenvalue weighted by molar-refractivity contribution is 5.75. The summed E-state index contributed by atoms with van der Waals surface area (Å²) in [6.07, 6.45) is 2.15. The molecule has 0 aliphatic carbocycles. The molecule has 1 saturated heterocycles. The molecule has 1 aromatic carbocycles. The van der Waals surface area contributed by atoms with Crippen molar-refractivity contribution in [3.63, 3.8) is 0 Å². The molecule has 0 amide bonds. The Morgan fingerprint density at radius 3 is 2.84 bits per heavy atom. The van der Waals surface area contributed by atoms with Crippen LogP contribution in [0.25, 0.3) is 11.0 Å². The highest BCUT2D eigenvalue weighted by Crippen LogP contribution is 2.17. The van der Waals surface area contributed by atoms with Gasteiger partial charge in [-0.05, 0) is 32.0 Å². The Morgan fingerprint density at radius 1 is 1.26 bits per heavy atom. The van der Waals surface area contributed by atoms with Crippen LogP contribution in [-0.4, -0.2) is 29.1 Å². The minimum absolute atomic E-state index is 0.198. The zero-order valence-corrected chi connectivity index (χ0v) is 10.5. The first-order valence-electron chi connectivity index (χ1n) is 6.50. The standard InChI is InChI=1S/C13H16F2N4/c14-8-5-10(15)13-11(6-8)18-12(19-13)7-17-9-1-3-16-4-2-9/h5-6,9,16-17H,1-4,7H2,(H,18,19). The summed E-state index contributed by atoms with van der Waals surface area (Å²) in [7, 11) is 0. The van der Waals surface area contributed by atoms with Gasteiger partial charge in [0.15, 0.2) is 5.82 Å². The van der Waals surface area contributed by atoms with E-state index in [1.54, 1.807) is 0 Å². The molecule has 3 rings (SSSR count). The number of hydrogen-bond donors (Lipinski definition) is 3. The number of hydrogen-bond acceptors (Lipinski definition) is 3. The number of halogens is 2. The van der Waals surface area contributed by atoms with Gasteiger partial charge in [0.2, 0.25) is 0 Å². The van der Waals surface area contributed by atoms with Crippen molar-refractivity contribution in [3.8, 4) is 0 Å². The van der Waals surface area contributed by atoms with Gasteiger partial charge in [-0.1, -0.05) is 0 Å². The maximum atomic E-state index is 13.5. The fraction of sp³-hybridized carbons (Fsp3) is 0.462. The molecule has 4 nitrogen and oxygen atoms in total. The first-order chi connectivity index (χ1) is 9.22. The first-order valence-corrected chi connectivity index (χ1v) is 6.50. The number of rotatable bonds is 3. The van der Waals surface area contributed by atoms with E-state index in [2.05, 4.69) is 20.6 Å². The molecule has 0 bridgehead atoms. The van der Waals surface area contributed by atoms with Gasteiger partial charge in [-0.25, -0.2) is 13.8 Å². The second-order valence-electron chi connectivity index (χ2n) is 4.87. The molecule has 1 aromatic heterocycles. The van der Waals surface area contributed by atoms with Gasteiger partial charge in [-0.2, -0.15) is 0 Å². The molecule has 1 aliphatic heterocycles. The van der Waals surface area contributed by atoms with Crippen LogP contribution in [0.3, 0.4) is 0 Å². The Balaban J connectivity index is 1.72. The smallest absolute Gasteiger partial charge is 0.153 e. The SMILES string of the molecule is Fc1cc(F)c2nc(CNC3CCNCC3)[nH]c2c1. The van der Waals surface area contributed by atoms with E-state index in [0.717, 1.165) is 32.0 Å². The molecular formula is C13H16F2N4. The lowest BCUT2D eigenvalue weighted by atomic mass is 10.1. The maximum absolute atomic E-state index is 13.5. The molecule has 0 spiro atoms. The highest BCUT2D eigenvalue weighted by Gasteiger charge is 2.14. The van der Waals surface area contributed by atoms with E-state index < -0.39 is 11.6 Å². The van der Waals surface area contributed by atoms with E-state index >= 15 is 0 Å². The van der Waals surface area contributed by atoms with Crippen LogP contribution in [0, 0.1) is 11.6 Å². The van der Waals surface area contributed by atoms with Crippen molar-refractivity contribution in [2.45, 2.75) is 25.4 Å². The average Bonchev–Trinajstić information content (AvgIpc) is 2.81. The second kappa shape index (κ2) is 5.22. The van der Waals surface area contributed by atoms with Crippen molar-refractivity contribution in [1.82, 2.24) is 20.6 Å². The fourth-order valence-electron chi connectivity index (χ4n) is 2.44. The van der Waals surface area contributed by atoms with Crippen LogP contribution in [0.4, 0.5) is 8.78 Å². The Hall–Kier alpha value is -1.53. The Labute approximate surface area is 109 Å². The zero-order valence-electron chi connectivity index (χ0n) is 10.5. The van der Waals surface area contributed by atoms with Crippen LogP contribution in [0.15, 0.2) is 12.1 Å². The lowest BCUT2D eigenvalue weighted by Gasteiger charge is -2.23. The summed E-state index contributed by atoms with van der Waals surface area (Å²) in [5.41, 5.74) is 0.600. The minimum atomic E-state index is -0.626. The summed E-state index contributed by atoms with van der Waals surface area (Å²) in [6, 6.07) is 2.57. The van der Waals surface area contributed by atoms with Gasteiger partial charge in [-0.15, -0.1) is 0 Å². The van der Waals surface area contributed by atoms with E-state index in [-0.39, 0.29) is 5.52 Å². The Bertz CT molecular complexity index is 575. The van der Waals surface area contributed by atoms with Crippen LogP contribution in [0.1, 0.15) is 18.7 Å². The van der Waals surface area contributed by atoms with Gasteiger partial charge in [0.25, 0.3) is 0 Å². The molecule has 19 heavy (non-hydrogen) atoms. The summed E-state index contributed by atoms with van der Waals surface area (Å²) in [6.45, 7) is 2.57. The van der Waals surface area contributed by atoms with Crippen LogP contribution in [0.2, 0.25) is 0 Å². The molecule has 0 saturated carbocycles. The average molecular weight is 266 g/mol. The fourth-order valence-corrected chi connectivity index (χ4v) is 2.44. The highest BCUT2D eigenvalue weighted by atomic mass is 19.1. The topological polar surface area (TPSA) is 52.7 Å². The molecule has 102 valence electrons. The number of aromatic amines is 1. The van der Waals surface area contributed by atoms with Crippen LogP contribution in [0.5, 0.6) is 0 Å². The summed E-state index contributed by atoms with van der Waals surface area (Å²) in [4.78, 5) is 7.11. The van der Waals surface area contributed by atoms with Crippen molar-refractivity contribution >= 4 is 11.0 Å². The summed E-state index contributed by atoms with van der Waals surface area (Å²) < 4.78 is 26.6. The van der Waals surface area contributed by atoms with E-state index in [0.29, 0.717) is 23.9 Å². The van der Waals surface area contributed by atoms with Crippen molar-refractivity contribution < 1.29 is 8.78 Å². The predicted molar refractivity (Wildman–Crippen MR) is 68.7 cm³/mol. The molecular weight excluding hydrogens is 250 g/mol. The van der Waals surface area contributed by atoms with E-state index in [9.17, 15) is 8.78 Å².